The highest BCUT2D eigenvalue weighted by molar-refractivity contribution is 6.33. The fraction of sp³-hybridized carbons (Fsp3) is 0.429. The van der Waals surface area contributed by atoms with Crippen molar-refractivity contribution in [3.63, 3.8) is 0 Å². The Balaban J connectivity index is 2.27. The van der Waals surface area contributed by atoms with Crippen LogP contribution in [-0.2, 0) is 4.79 Å². The van der Waals surface area contributed by atoms with Crippen LogP contribution in [0.1, 0.15) is 16.8 Å². The van der Waals surface area contributed by atoms with Crippen LogP contribution in [0.15, 0.2) is 24.3 Å². The molecular weight excluding hydrogens is 278 g/mol. The summed E-state index contributed by atoms with van der Waals surface area (Å²) in [6.07, 6.45) is 0.872. The molecule has 0 radical (unpaired) electrons. The molecule has 0 atom stereocenters. The van der Waals surface area contributed by atoms with Gasteiger partial charge in [0, 0.05) is 6.54 Å². The number of rotatable bonds is 7. The van der Waals surface area contributed by atoms with Crippen LogP contribution >= 0.6 is 11.6 Å². The van der Waals surface area contributed by atoms with Crippen molar-refractivity contribution in [2.45, 2.75) is 6.42 Å². The van der Waals surface area contributed by atoms with Crippen molar-refractivity contribution in [1.82, 2.24) is 15.5 Å². The van der Waals surface area contributed by atoms with Crippen LogP contribution in [0.2, 0.25) is 5.02 Å². The normalized spacial score (nSPS) is 10.4. The van der Waals surface area contributed by atoms with E-state index in [2.05, 4.69) is 10.6 Å². The van der Waals surface area contributed by atoms with Gasteiger partial charge in [-0.3, -0.25) is 9.59 Å². The average Bonchev–Trinajstić information content (AvgIpc) is 2.41. The number of amides is 2. The first kappa shape index (κ1) is 16.5. The van der Waals surface area contributed by atoms with E-state index in [4.69, 9.17) is 11.6 Å². The first-order chi connectivity index (χ1) is 9.50. The number of benzene rings is 1. The zero-order valence-electron chi connectivity index (χ0n) is 11.8. The van der Waals surface area contributed by atoms with Crippen LogP contribution in [0, 0.1) is 0 Å². The molecule has 1 aromatic rings. The van der Waals surface area contributed by atoms with E-state index in [1.165, 1.54) is 0 Å². The third-order valence-corrected chi connectivity index (χ3v) is 2.96. The second-order valence-corrected chi connectivity index (χ2v) is 5.08. The molecule has 0 spiro atoms. The van der Waals surface area contributed by atoms with Crippen molar-refractivity contribution in [3.05, 3.63) is 34.9 Å². The molecule has 0 aromatic heterocycles. The minimum atomic E-state index is -0.348. The average molecular weight is 298 g/mol. The van der Waals surface area contributed by atoms with Crippen LogP contribution in [0.4, 0.5) is 0 Å². The highest BCUT2D eigenvalue weighted by atomic mass is 35.5. The number of nitrogens with zero attached hydrogens (tertiary/aromatic N) is 1. The number of carbonyl (C=O) groups excluding carboxylic acids is 2. The van der Waals surface area contributed by atoms with Gasteiger partial charge in [-0.2, -0.15) is 0 Å². The Bertz CT molecular complexity index is 463. The molecule has 1 aromatic carbocycles. The Morgan fingerprint density at radius 3 is 2.55 bits per heavy atom. The molecule has 0 aliphatic carbocycles. The number of halogens is 1. The molecule has 0 heterocycles. The van der Waals surface area contributed by atoms with Crippen molar-refractivity contribution in [1.29, 1.82) is 0 Å². The van der Waals surface area contributed by atoms with E-state index in [1.54, 1.807) is 24.3 Å². The van der Waals surface area contributed by atoms with E-state index >= 15 is 0 Å². The van der Waals surface area contributed by atoms with Crippen LogP contribution in [0.25, 0.3) is 0 Å². The standard InChI is InChI=1S/C14H20ClN3O2/c1-18(2)9-5-8-16-13(19)10-17-14(20)11-6-3-4-7-12(11)15/h3-4,6-7H,5,8-10H2,1-2H3,(H,16,19)(H,17,20). The summed E-state index contributed by atoms with van der Waals surface area (Å²) in [4.78, 5) is 25.4. The van der Waals surface area contributed by atoms with Gasteiger partial charge in [0.1, 0.15) is 0 Å². The van der Waals surface area contributed by atoms with Gasteiger partial charge >= 0.3 is 0 Å². The van der Waals surface area contributed by atoms with E-state index in [1.807, 2.05) is 19.0 Å². The molecule has 0 fully saturated rings. The predicted molar refractivity (Wildman–Crippen MR) is 80.0 cm³/mol. The molecule has 1 rings (SSSR count). The first-order valence-electron chi connectivity index (χ1n) is 6.45. The van der Waals surface area contributed by atoms with Crippen molar-refractivity contribution < 1.29 is 9.59 Å². The van der Waals surface area contributed by atoms with E-state index in [9.17, 15) is 9.59 Å². The number of hydrogen-bond acceptors (Lipinski definition) is 3. The van der Waals surface area contributed by atoms with Crippen LogP contribution in [0.3, 0.4) is 0 Å². The summed E-state index contributed by atoms with van der Waals surface area (Å²) >= 11 is 5.90. The second-order valence-electron chi connectivity index (χ2n) is 4.67. The molecule has 6 heteroatoms. The van der Waals surface area contributed by atoms with Crippen molar-refractivity contribution >= 4 is 23.4 Å². The summed E-state index contributed by atoms with van der Waals surface area (Å²) in [6.45, 7) is 1.46. The summed E-state index contributed by atoms with van der Waals surface area (Å²) < 4.78 is 0. The number of nitrogens with one attached hydrogen (secondary N) is 2. The van der Waals surface area contributed by atoms with Gasteiger partial charge in [0.2, 0.25) is 5.91 Å². The molecule has 2 N–H and O–H groups in total. The molecule has 0 aliphatic heterocycles. The topological polar surface area (TPSA) is 61.4 Å². The lowest BCUT2D eigenvalue weighted by Gasteiger charge is -2.10. The Morgan fingerprint density at radius 1 is 1.20 bits per heavy atom. The van der Waals surface area contributed by atoms with E-state index in [0.717, 1.165) is 13.0 Å². The zero-order valence-corrected chi connectivity index (χ0v) is 12.5. The van der Waals surface area contributed by atoms with Gasteiger partial charge < -0.3 is 15.5 Å². The van der Waals surface area contributed by atoms with E-state index < -0.39 is 0 Å². The molecular formula is C14H20ClN3O2. The fourth-order valence-electron chi connectivity index (χ4n) is 1.59. The van der Waals surface area contributed by atoms with Gasteiger partial charge in [0.15, 0.2) is 0 Å². The van der Waals surface area contributed by atoms with Crippen molar-refractivity contribution in [2.75, 3.05) is 33.7 Å². The molecule has 0 saturated carbocycles. The smallest absolute Gasteiger partial charge is 0.253 e. The molecule has 2 amide bonds. The van der Waals surface area contributed by atoms with Gasteiger partial charge in [-0.25, -0.2) is 0 Å². The Morgan fingerprint density at radius 2 is 1.90 bits per heavy atom. The van der Waals surface area contributed by atoms with Gasteiger partial charge in [0.05, 0.1) is 17.1 Å². The summed E-state index contributed by atoms with van der Waals surface area (Å²) in [5.41, 5.74) is 0.370. The highest BCUT2D eigenvalue weighted by Gasteiger charge is 2.10. The maximum Gasteiger partial charge on any atom is 0.253 e. The van der Waals surface area contributed by atoms with Gasteiger partial charge in [-0.05, 0) is 39.2 Å². The largest absolute Gasteiger partial charge is 0.355 e. The van der Waals surface area contributed by atoms with Crippen molar-refractivity contribution in [2.24, 2.45) is 0 Å². The van der Waals surface area contributed by atoms with E-state index in [0.29, 0.717) is 17.1 Å². The quantitative estimate of drug-likeness (QED) is 0.742. The number of hydrogen-bond donors (Lipinski definition) is 2. The molecule has 20 heavy (non-hydrogen) atoms. The molecule has 0 aliphatic rings. The minimum absolute atomic E-state index is 0.0496. The monoisotopic (exact) mass is 297 g/mol. The summed E-state index contributed by atoms with van der Waals surface area (Å²) in [6, 6.07) is 6.73. The van der Waals surface area contributed by atoms with E-state index in [-0.39, 0.29) is 18.4 Å². The lowest BCUT2D eigenvalue weighted by molar-refractivity contribution is -0.120. The van der Waals surface area contributed by atoms with Crippen LogP contribution in [-0.4, -0.2) is 50.4 Å². The van der Waals surface area contributed by atoms with Crippen LogP contribution in [0.5, 0.6) is 0 Å². The van der Waals surface area contributed by atoms with Gasteiger partial charge in [-0.1, -0.05) is 23.7 Å². The first-order valence-corrected chi connectivity index (χ1v) is 6.82. The molecule has 110 valence electrons. The third-order valence-electron chi connectivity index (χ3n) is 2.63. The zero-order chi connectivity index (χ0) is 15.0. The third kappa shape index (κ3) is 6.04. The van der Waals surface area contributed by atoms with Gasteiger partial charge in [0.25, 0.3) is 5.91 Å². The summed E-state index contributed by atoms with van der Waals surface area (Å²) in [5.74, 6) is -0.553. The predicted octanol–water partition coefficient (Wildman–Crippen LogP) is 1.14. The maximum atomic E-state index is 11.8. The Kier molecular flexibility index (Phi) is 7.04. The minimum Gasteiger partial charge on any atom is -0.355 e. The Hall–Kier alpha value is -1.59. The summed E-state index contributed by atoms with van der Waals surface area (Å²) in [7, 11) is 3.96. The lowest BCUT2D eigenvalue weighted by atomic mass is 10.2. The number of carbonyl (C=O) groups is 2. The van der Waals surface area contributed by atoms with Crippen LogP contribution < -0.4 is 10.6 Å². The summed E-state index contributed by atoms with van der Waals surface area (Å²) in [5, 5.41) is 5.66. The second kappa shape index (κ2) is 8.55. The SMILES string of the molecule is CN(C)CCCNC(=O)CNC(=O)c1ccccc1Cl. The molecule has 0 saturated heterocycles. The fourth-order valence-corrected chi connectivity index (χ4v) is 1.81. The lowest BCUT2D eigenvalue weighted by Crippen LogP contribution is -2.37. The molecule has 0 unspecified atom stereocenters. The maximum absolute atomic E-state index is 11.8. The van der Waals surface area contributed by atoms with Gasteiger partial charge in [-0.15, -0.1) is 0 Å². The highest BCUT2D eigenvalue weighted by Crippen LogP contribution is 2.14. The molecule has 0 bridgehead atoms. The van der Waals surface area contributed by atoms with Crippen molar-refractivity contribution in [3.8, 4) is 0 Å². The molecule has 5 nitrogen and oxygen atoms in total. The Labute approximate surface area is 124 Å².